The number of nitrogens with zero attached hydrogens (tertiary/aromatic N) is 4. The number of hydrogen-bond donors (Lipinski definition) is 0. The molecule has 0 aromatic heterocycles. The van der Waals surface area contributed by atoms with Gasteiger partial charge in [-0.1, -0.05) is 26.8 Å². The Morgan fingerprint density at radius 3 is 1.81 bits per heavy atom. The molecule has 1 saturated carbocycles. The summed E-state index contributed by atoms with van der Waals surface area (Å²) < 4.78 is 24.4. The second-order valence-corrected chi connectivity index (χ2v) is 19.7. The lowest BCUT2D eigenvalue weighted by atomic mass is 9.68. The Bertz CT molecular complexity index is 1700. The van der Waals surface area contributed by atoms with Gasteiger partial charge in [0.05, 0.1) is 6.54 Å². The number of carbonyl (C=O) groups is 3. The normalized spacial score (nSPS) is 22.6. The van der Waals surface area contributed by atoms with Crippen molar-refractivity contribution >= 4 is 23.8 Å². The van der Waals surface area contributed by atoms with E-state index in [1.807, 2.05) is 70.7 Å². The highest BCUT2D eigenvalue weighted by Crippen LogP contribution is 2.46. The van der Waals surface area contributed by atoms with Gasteiger partial charge in [0.15, 0.2) is 0 Å². The largest absolute Gasteiger partial charge is 0.490 e. The molecule has 314 valence electrons. The first-order chi connectivity index (χ1) is 26.8. The molecule has 0 spiro atoms. The van der Waals surface area contributed by atoms with Gasteiger partial charge in [-0.25, -0.2) is 9.59 Å². The maximum Gasteiger partial charge on any atom is 0.410 e. The van der Waals surface area contributed by atoms with Crippen LogP contribution in [-0.2, 0) is 9.47 Å². The number of carbonyl (C=O) groups excluding carboxylic acids is 3. The quantitative estimate of drug-likeness (QED) is 0.274. The van der Waals surface area contributed by atoms with E-state index in [2.05, 4.69) is 43.9 Å². The van der Waals surface area contributed by atoms with Crippen LogP contribution in [0.4, 0.5) is 15.3 Å². The standard InChI is InChI=1S/C46H68N4O7/c1-44(2,3)34-16-13-32(14-17-34)39-29-33(15-18-40(39)55-38-21-24-50(31-38)43(53)57-46(7,8)9)41(51)48-22-19-36(20-23-48)54-37-12-10-11-35(30-37)47-25-27-49(28-26-47)42(52)56-45(4,5)6/h10-12,15,18,29-30,32,34,36,38H,13-14,16-17,19-28,31H2,1-9H3/t32?,34?,38-/m0/s1. The van der Waals surface area contributed by atoms with E-state index in [0.717, 1.165) is 80.8 Å². The highest BCUT2D eigenvalue weighted by atomic mass is 16.6. The van der Waals surface area contributed by atoms with E-state index in [0.29, 0.717) is 56.7 Å². The molecule has 4 fully saturated rings. The van der Waals surface area contributed by atoms with Crippen LogP contribution in [-0.4, -0.2) is 109 Å². The summed E-state index contributed by atoms with van der Waals surface area (Å²) in [6.45, 7) is 23.4. The molecule has 57 heavy (non-hydrogen) atoms. The summed E-state index contributed by atoms with van der Waals surface area (Å²) >= 11 is 0. The van der Waals surface area contributed by atoms with Gasteiger partial charge in [-0.3, -0.25) is 4.79 Å². The highest BCUT2D eigenvalue weighted by molar-refractivity contribution is 5.94. The minimum absolute atomic E-state index is 0.0179. The van der Waals surface area contributed by atoms with Crippen LogP contribution < -0.4 is 14.4 Å². The van der Waals surface area contributed by atoms with E-state index >= 15 is 0 Å². The number of benzene rings is 2. The van der Waals surface area contributed by atoms with Gasteiger partial charge < -0.3 is 38.5 Å². The number of amides is 3. The van der Waals surface area contributed by atoms with Gasteiger partial charge in [-0.15, -0.1) is 0 Å². The topological polar surface area (TPSA) is 101 Å². The van der Waals surface area contributed by atoms with E-state index in [9.17, 15) is 14.4 Å². The lowest BCUT2D eigenvalue weighted by Gasteiger charge is -2.37. The SMILES string of the molecule is CC(C)(C)OC(=O)N1CCN(c2cccc(OC3CCN(C(=O)c4ccc(O[C@H]5CCN(C(=O)OC(C)(C)C)C5)c(C5CCC(C(C)(C)C)CC5)c4)CC3)c2)CC1. The van der Waals surface area contributed by atoms with Gasteiger partial charge in [0.25, 0.3) is 5.91 Å². The van der Waals surface area contributed by atoms with Crippen LogP contribution in [0.1, 0.15) is 129 Å². The molecule has 3 amide bonds. The lowest BCUT2D eigenvalue weighted by Crippen LogP contribution is -2.50. The molecule has 0 bridgehead atoms. The van der Waals surface area contributed by atoms with Crippen LogP contribution in [0.25, 0.3) is 0 Å². The average Bonchev–Trinajstić information content (AvgIpc) is 3.62. The first-order valence-electron chi connectivity index (χ1n) is 21.4. The van der Waals surface area contributed by atoms with E-state index in [1.165, 1.54) is 0 Å². The Labute approximate surface area is 341 Å². The second kappa shape index (κ2) is 17.4. The number of piperazine rings is 1. The molecule has 2 aromatic rings. The molecule has 11 nitrogen and oxygen atoms in total. The van der Waals surface area contributed by atoms with Gasteiger partial charge in [0.1, 0.15) is 34.9 Å². The Morgan fingerprint density at radius 2 is 1.19 bits per heavy atom. The summed E-state index contributed by atoms with van der Waals surface area (Å²) in [5.74, 6) is 2.70. The third-order valence-electron chi connectivity index (χ3n) is 11.9. The fourth-order valence-corrected chi connectivity index (χ4v) is 8.65. The van der Waals surface area contributed by atoms with Crippen molar-refractivity contribution in [2.45, 2.75) is 137 Å². The van der Waals surface area contributed by atoms with Gasteiger partial charge in [-0.05, 0) is 120 Å². The van der Waals surface area contributed by atoms with Crippen molar-refractivity contribution in [3.63, 3.8) is 0 Å². The first kappa shape index (κ1) is 42.5. The maximum absolute atomic E-state index is 14.1. The summed E-state index contributed by atoms with van der Waals surface area (Å²) in [5.41, 5.74) is 2.12. The lowest BCUT2D eigenvalue weighted by molar-refractivity contribution is 0.0237. The van der Waals surface area contributed by atoms with Crippen LogP contribution >= 0.6 is 0 Å². The van der Waals surface area contributed by atoms with Gasteiger partial charge in [0, 0.05) is 82.4 Å². The first-order valence-corrected chi connectivity index (χ1v) is 21.4. The molecule has 3 heterocycles. The minimum Gasteiger partial charge on any atom is -0.490 e. The Morgan fingerprint density at radius 1 is 0.596 bits per heavy atom. The van der Waals surface area contributed by atoms with E-state index in [1.54, 1.807) is 9.80 Å². The van der Waals surface area contributed by atoms with Crippen molar-refractivity contribution in [2.24, 2.45) is 11.3 Å². The van der Waals surface area contributed by atoms with Crippen LogP contribution in [0, 0.1) is 11.3 Å². The minimum atomic E-state index is -0.546. The smallest absolute Gasteiger partial charge is 0.410 e. The number of likely N-dealkylation sites (tertiary alicyclic amines) is 2. The molecule has 2 aromatic carbocycles. The second-order valence-electron chi connectivity index (χ2n) is 19.7. The maximum atomic E-state index is 14.1. The number of hydrogen-bond acceptors (Lipinski definition) is 8. The molecule has 11 heteroatoms. The third kappa shape index (κ3) is 11.5. The molecule has 4 aliphatic rings. The molecular weight excluding hydrogens is 721 g/mol. The molecular formula is C46H68N4O7. The zero-order valence-electron chi connectivity index (χ0n) is 36.1. The molecule has 6 rings (SSSR count). The number of ether oxygens (including phenoxy) is 4. The monoisotopic (exact) mass is 789 g/mol. The van der Waals surface area contributed by atoms with E-state index in [-0.39, 0.29) is 35.7 Å². The van der Waals surface area contributed by atoms with Crippen molar-refractivity contribution in [1.29, 1.82) is 0 Å². The van der Waals surface area contributed by atoms with E-state index < -0.39 is 11.2 Å². The zero-order chi connectivity index (χ0) is 41.1. The Kier molecular flexibility index (Phi) is 12.9. The van der Waals surface area contributed by atoms with Crippen LogP contribution in [0.5, 0.6) is 11.5 Å². The molecule has 1 aliphatic carbocycles. The number of rotatable bonds is 7. The summed E-state index contributed by atoms with van der Waals surface area (Å²) in [7, 11) is 0. The van der Waals surface area contributed by atoms with Gasteiger partial charge >= 0.3 is 12.2 Å². The number of piperidine rings is 1. The molecule has 3 aliphatic heterocycles. The molecule has 1 atom stereocenters. The molecule has 0 unspecified atom stereocenters. The number of anilines is 1. The fourth-order valence-electron chi connectivity index (χ4n) is 8.65. The predicted molar refractivity (Wildman–Crippen MR) is 223 cm³/mol. The summed E-state index contributed by atoms with van der Waals surface area (Å²) in [5, 5.41) is 0. The Hall–Kier alpha value is -4.15. The van der Waals surface area contributed by atoms with Crippen molar-refractivity contribution in [3.05, 3.63) is 53.6 Å². The van der Waals surface area contributed by atoms with Gasteiger partial charge in [0.2, 0.25) is 0 Å². The van der Waals surface area contributed by atoms with Crippen molar-refractivity contribution in [3.8, 4) is 11.5 Å². The van der Waals surface area contributed by atoms with E-state index in [4.69, 9.17) is 18.9 Å². The Balaban J connectivity index is 1.06. The average molecular weight is 789 g/mol. The third-order valence-corrected chi connectivity index (χ3v) is 11.9. The predicted octanol–water partition coefficient (Wildman–Crippen LogP) is 9.14. The summed E-state index contributed by atoms with van der Waals surface area (Å²) in [4.78, 5) is 47.2. The van der Waals surface area contributed by atoms with Crippen molar-refractivity contribution in [2.75, 3.05) is 57.3 Å². The van der Waals surface area contributed by atoms with Crippen molar-refractivity contribution in [1.82, 2.24) is 14.7 Å². The molecule has 0 N–H and O–H groups in total. The fraction of sp³-hybridized carbons (Fsp3) is 0.674. The summed E-state index contributed by atoms with van der Waals surface area (Å²) in [6.07, 6.45) is 6.02. The molecule has 3 saturated heterocycles. The van der Waals surface area contributed by atoms with Crippen molar-refractivity contribution < 1.29 is 33.3 Å². The van der Waals surface area contributed by atoms with Gasteiger partial charge in [-0.2, -0.15) is 0 Å². The summed E-state index contributed by atoms with van der Waals surface area (Å²) in [6, 6.07) is 14.2. The van der Waals surface area contributed by atoms with Crippen LogP contribution in [0.2, 0.25) is 0 Å². The van der Waals surface area contributed by atoms with Crippen LogP contribution in [0.15, 0.2) is 42.5 Å². The highest BCUT2D eigenvalue weighted by Gasteiger charge is 2.35. The van der Waals surface area contributed by atoms with Crippen LogP contribution in [0.3, 0.4) is 0 Å². The zero-order valence-corrected chi connectivity index (χ0v) is 36.1. The molecule has 0 radical (unpaired) electrons.